The molecule has 156 valence electrons. The van der Waals surface area contributed by atoms with E-state index >= 15 is 0 Å². The van der Waals surface area contributed by atoms with Crippen molar-refractivity contribution in [3.63, 3.8) is 0 Å². The number of halogens is 1. The molecule has 0 aliphatic carbocycles. The minimum atomic E-state index is -0.796. The van der Waals surface area contributed by atoms with Crippen LogP contribution in [0.4, 0.5) is 10.2 Å². The van der Waals surface area contributed by atoms with Gasteiger partial charge >= 0.3 is 11.8 Å². The SMILES string of the molecule is COc1ccc(C(Cc2ccc(F)cc2)NC(=O)C(=O)Nc2cc(C)nn2C)cc1. The summed E-state index contributed by atoms with van der Waals surface area (Å²) < 4.78 is 19.9. The van der Waals surface area contributed by atoms with Gasteiger partial charge in [-0.25, -0.2) is 4.39 Å². The summed E-state index contributed by atoms with van der Waals surface area (Å²) in [5, 5.41) is 9.46. The molecule has 0 fully saturated rings. The van der Waals surface area contributed by atoms with Gasteiger partial charge in [0, 0.05) is 13.1 Å². The van der Waals surface area contributed by atoms with Crippen molar-refractivity contribution in [1.82, 2.24) is 15.1 Å². The minimum Gasteiger partial charge on any atom is -0.497 e. The number of ether oxygens (including phenoxy) is 1. The zero-order chi connectivity index (χ0) is 21.7. The summed E-state index contributed by atoms with van der Waals surface area (Å²) in [6, 6.07) is 14.4. The van der Waals surface area contributed by atoms with Gasteiger partial charge in [0.15, 0.2) is 0 Å². The van der Waals surface area contributed by atoms with E-state index in [9.17, 15) is 14.0 Å². The molecule has 2 amide bonds. The molecule has 7 nitrogen and oxygen atoms in total. The molecule has 3 rings (SSSR count). The van der Waals surface area contributed by atoms with Crippen LogP contribution in [0, 0.1) is 12.7 Å². The fourth-order valence-corrected chi connectivity index (χ4v) is 3.07. The second kappa shape index (κ2) is 9.21. The van der Waals surface area contributed by atoms with Crippen molar-refractivity contribution in [2.24, 2.45) is 7.05 Å². The Kier molecular flexibility index (Phi) is 6.46. The predicted molar refractivity (Wildman–Crippen MR) is 111 cm³/mol. The van der Waals surface area contributed by atoms with E-state index in [4.69, 9.17) is 4.74 Å². The number of benzene rings is 2. The largest absolute Gasteiger partial charge is 0.497 e. The van der Waals surface area contributed by atoms with E-state index in [0.717, 1.165) is 16.8 Å². The molecular formula is C22H23FN4O3. The number of hydrogen-bond acceptors (Lipinski definition) is 4. The third kappa shape index (κ3) is 5.22. The highest BCUT2D eigenvalue weighted by atomic mass is 19.1. The average Bonchev–Trinajstić information content (AvgIpc) is 3.05. The van der Waals surface area contributed by atoms with E-state index in [1.165, 1.54) is 16.8 Å². The van der Waals surface area contributed by atoms with Crippen LogP contribution in [0.5, 0.6) is 5.75 Å². The lowest BCUT2D eigenvalue weighted by molar-refractivity contribution is -0.136. The number of nitrogens with zero attached hydrogens (tertiary/aromatic N) is 2. The quantitative estimate of drug-likeness (QED) is 0.612. The van der Waals surface area contributed by atoms with Gasteiger partial charge in [0.1, 0.15) is 17.4 Å². The van der Waals surface area contributed by atoms with E-state index in [-0.39, 0.29) is 5.82 Å². The van der Waals surface area contributed by atoms with Crippen LogP contribution in [0.15, 0.2) is 54.6 Å². The molecular weight excluding hydrogens is 387 g/mol. The van der Waals surface area contributed by atoms with Crippen molar-refractivity contribution in [2.45, 2.75) is 19.4 Å². The number of rotatable bonds is 6. The van der Waals surface area contributed by atoms with E-state index < -0.39 is 17.9 Å². The van der Waals surface area contributed by atoms with Crippen LogP contribution < -0.4 is 15.4 Å². The Hall–Kier alpha value is -3.68. The maximum atomic E-state index is 13.2. The molecule has 0 saturated carbocycles. The van der Waals surface area contributed by atoms with Crippen LogP contribution in [-0.4, -0.2) is 28.7 Å². The van der Waals surface area contributed by atoms with Crippen LogP contribution in [0.3, 0.4) is 0 Å². The molecule has 3 aromatic rings. The van der Waals surface area contributed by atoms with E-state index in [2.05, 4.69) is 15.7 Å². The monoisotopic (exact) mass is 410 g/mol. The highest BCUT2D eigenvalue weighted by Crippen LogP contribution is 2.22. The van der Waals surface area contributed by atoms with Crippen LogP contribution in [0.2, 0.25) is 0 Å². The molecule has 1 atom stereocenters. The van der Waals surface area contributed by atoms with E-state index in [1.54, 1.807) is 51.4 Å². The Balaban J connectivity index is 1.77. The zero-order valence-corrected chi connectivity index (χ0v) is 17.0. The molecule has 2 aromatic carbocycles. The first kappa shape index (κ1) is 21.0. The molecule has 30 heavy (non-hydrogen) atoms. The number of aromatic nitrogens is 2. The molecule has 0 saturated heterocycles. The lowest BCUT2D eigenvalue weighted by Crippen LogP contribution is -2.38. The van der Waals surface area contributed by atoms with E-state index in [1.807, 2.05) is 12.1 Å². The van der Waals surface area contributed by atoms with Gasteiger partial charge in [-0.1, -0.05) is 24.3 Å². The van der Waals surface area contributed by atoms with Gasteiger partial charge in [0.2, 0.25) is 0 Å². The lowest BCUT2D eigenvalue weighted by Gasteiger charge is -2.19. The third-order valence-electron chi connectivity index (χ3n) is 4.63. The predicted octanol–water partition coefficient (Wildman–Crippen LogP) is 2.91. The van der Waals surface area contributed by atoms with Crippen LogP contribution >= 0.6 is 0 Å². The topological polar surface area (TPSA) is 85.2 Å². The van der Waals surface area contributed by atoms with Gasteiger partial charge in [-0.2, -0.15) is 5.10 Å². The maximum absolute atomic E-state index is 13.2. The number of methoxy groups -OCH3 is 1. The summed E-state index contributed by atoms with van der Waals surface area (Å²) in [6.45, 7) is 1.79. The molecule has 0 aliphatic heterocycles. The van der Waals surface area contributed by atoms with Gasteiger partial charge < -0.3 is 15.4 Å². The molecule has 1 unspecified atom stereocenters. The van der Waals surface area contributed by atoms with Gasteiger partial charge in [-0.15, -0.1) is 0 Å². The van der Waals surface area contributed by atoms with Crippen LogP contribution in [0.25, 0.3) is 0 Å². The maximum Gasteiger partial charge on any atom is 0.314 e. The van der Waals surface area contributed by atoms with Gasteiger partial charge in [0.25, 0.3) is 0 Å². The zero-order valence-electron chi connectivity index (χ0n) is 17.0. The second-order valence-electron chi connectivity index (χ2n) is 6.88. The average molecular weight is 410 g/mol. The summed E-state index contributed by atoms with van der Waals surface area (Å²) in [4.78, 5) is 25.0. The Bertz CT molecular complexity index is 1030. The summed E-state index contributed by atoms with van der Waals surface area (Å²) in [7, 11) is 3.24. The molecule has 0 aliphatic rings. The molecule has 1 aromatic heterocycles. The summed E-state index contributed by atoms with van der Waals surface area (Å²) in [6.07, 6.45) is 0.385. The fourth-order valence-electron chi connectivity index (χ4n) is 3.07. The first-order valence-electron chi connectivity index (χ1n) is 9.36. The van der Waals surface area contributed by atoms with Crippen molar-refractivity contribution in [1.29, 1.82) is 0 Å². The number of aryl methyl sites for hydroxylation is 2. The molecule has 0 radical (unpaired) electrons. The fraction of sp³-hybridized carbons (Fsp3) is 0.227. The van der Waals surface area contributed by atoms with Crippen LogP contribution in [-0.2, 0) is 23.1 Å². The van der Waals surface area contributed by atoms with Crippen molar-refractivity contribution in [2.75, 3.05) is 12.4 Å². The number of carbonyl (C=O) groups excluding carboxylic acids is 2. The first-order chi connectivity index (χ1) is 14.4. The standard InChI is InChI=1S/C22H23FN4O3/c1-14-12-20(27(2)26-14)25-22(29)21(28)24-19(13-15-4-8-17(23)9-5-15)16-6-10-18(30-3)11-7-16/h4-12,19H,13H2,1-3H3,(H,24,28)(H,25,29). The second-order valence-corrected chi connectivity index (χ2v) is 6.88. The number of hydrogen-bond donors (Lipinski definition) is 2. The molecule has 0 spiro atoms. The van der Waals surface area contributed by atoms with Crippen molar-refractivity contribution < 1.29 is 18.7 Å². The molecule has 8 heteroatoms. The highest BCUT2D eigenvalue weighted by Gasteiger charge is 2.21. The number of amides is 2. The van der Waals surface area contributed by atoms with Gasteiger partial charge in [-0.05, 0) is 48.7 Å². The third-order valence-corrected chi connectivity index (χ3v) is 4.63. The van der Waals surface area contributed by atoms with Crippen molar-refractivity contribution in [3.8, 4) is 5.75 Å². The lowest BCUT2D eigenvalue weighted by atomic mass is 9.98. The molecule has 1 heterocycles. The normalized spacial score (nSPS) is 11.6. The van der Waals surface area contributed by atoms with E-state index in [0.29, 0.717) is 18.0 Å². The number of nitrogens with one attached hydrogen (secondary N) is 2. The van der Waals surface area contributed by atoms with Gasteiger partial charge in [0.05, 0.1) is 18.8 Å². The van der Waals surface area contributed by atoms with Crippen molar-refractivity contribution >= 4 is 17.6 Å². The summed E-state index contributed by atoms with van der Waals surface area (Å²) >= 11 is 0. The number of carbonyl (C=O) groups is 2. The summed E-state index contributed by atoms with van der Waals surface area (Å²) in [5.41, 5.74) is 2.33. The minimum absolute atomic E-state index is 0.338. The molecule has 2 N–H and O–H groups in total. The van der Waals surface area contributed by atoms with Crippen molar-refractivity contribution in [3.05, 3.63) is 77.2 Å². The Morgan fingerprint density at radius 1 is 1.10 bits per heavy atom. The highest BCUT2D eigenvalue weighted by molar-refractivity contribution is 6.39. The Morgan fingerprint density at radius 2 is 1.77 bits per heavy atom. The van der Waals surface area contributed by atoms with Gasteiger partial charge in [-0.3, -0.25) is 14.3 Å². The first-order valence-corrected chi connectivity index (χ1v) is 9.36. The number of anilines is 1. The Labute approximate surface area is 173 Å². The smallest absolute Gasteiger partial charge is 0.314 e. The Morgan fingerprint density at radius 3 is 2.33 bits per heavy atom. The molecule has 0 bridgehead atoms. The summed E-state index contributed by atoms with van der Waals surface area (Å²) in [5.74, 6) is -0.816. The van der Waals surface area contributed by atoms with Crippen LogP contribution in [0.1, 0.15) is 22.9 Å².